The number of aromatic nitrogens is 4. The first kappa shape index (κ1) is 18.2. The molecular weight excluding hydrogens is 341 g/mol. The Balaban J connectivity index is 0.00000116. The van der Waals surface area contributed by atoms with Crippen LogP contribution in [0.2, 0.25) is 0 Å². The SMILES string of the molecule is CC.[B]C(/C=C\C)=C/C(=C)Cn1c(Br)nc2c(N)ncnc21. The highest BCUT2D eigenvalue weighted by Gasteiger charge is 2.12. The molecule has 0 aromatic carbocycles. The van der Waals surface area contributed by atoms with E-state index >= 15 is 0 Å². The normalized spacial score (nSPS) is 11.5. The molecule has 0 aliphatic rings. The summed E-state index contributed by atoms with van der Waals surface area (Å²) in [7, 11) is 5.82. The molecule has 7 heteroatoms. The Morgan fingerprint density at radius 3 is 2.77 bits per heavy atom. The summed E-state index contributed by atoms with van der Waals surface area (Å²) in [6, 6.07) is 0. The van der Waals surface area contributed by atoms with Crippen molar-refractivity contribution in [3.8, 4) is 0 Å². The maximum atomic E-state index is 5.82. The lowest BCUT2D eigenvalue weighted by atomic mass is 9.93. The average Bonchev–Trinajstić information content (AvgIpc) is 2.79. The Morgan fingerprint density at radius 1 is 1.45 bits per heavy atom. The van der Waals surface area contributed by atoms with Crippen molar-refractivity contribution < 1.29 is 0 Å². The minimum Gasteiger partial charge on any atom is -0.382 e. The fourth-order valence-corrected chi connectivity index (χ4v) is 2.26. The Labute approximate surface area is 140 Å². The summed E-state index contributed by atoms with van der Waals surface area (Å²) >= 11 is 3.39. The number of nitrogens with two attached hydrogens (primary N) is 1. The predicted molar refractivity (Wildman–Crippen MR) is 96.6 cm³/mol. The van der Waals surface area contributed by atoms with Crippen molar-refractivity contribution in [2.24, 2.45) is 0 Å². The van der Waals surface area contributed by atoms with Gasteiger partial charge in [0.2, 0.25) is 0 Å². The number of hydrogen-bond donors (Lipinski definition) is 1. The fourth-order valence-electron chi connectivity index (χ4n) is 1.79. The molecule has 0 amide bonds. The van der Waals surface area contributed by atoms with Gasteiger partial charge in [0.1, 0.15) is 14.2 Å². The zero-order chi connectivity index (χ0) is 16.7. The van der Waals surface area contributed by atoms with Crippen LogP contribution in [0.3, 0.4) is 0 Å². The van der Waals surface area contributed by atoms with Crippen molar-refractivity contribution in [3.05, 3.63) is 46.9 Å². The molecule has 2 rings (SSSR count). The molecule has 0 aliphatic heterocycles. The summed E-state index contributed by atoms with van der Waals surface area (Å²) in [6.07, 6.45) is 6.90. The van der Waals surface area contributed by atoms with E-state index in [1.807, 2.05) is 43.6 Å². The third-order valence-corrected chi connectivity index (χ3v) is 3.21. The molecule has 2 heterocycles. The van der Waals surface area contributed by atoms with Crippen LogP contribution in [-0.2, 0) is 6.54 Å². The minimum absolute atomic E-state index is 0.351. The van der Waals surface area contributed by atoms with E-state index in [9.17, 15) is 0 Å². The molecule has 0 spiro atoms. The van der Waals surface area contributed by atoms with Gasteiger partial charge in [-0.15, -0.1) is 0 Å². The predicted octanol–water partition coefficient (Wildman–Crippen LogP) is 3.38. The second-order valence-corrected chi connectivity index (χ2v) is 4.91. The first-order valence-corrected chi connectivity index (χ1v) is 7.72. The van der Waals surface area contributed by atoms with E-state index in [1.165, 1.54) is 6.33 Å². The summed E-state index contributed by atoms with van der Waals surface area (Å²) in [5.41, 5.74) is 8.48. The van der Waals surface area contributed by atoms with E-state index in [1.54, 1.807) is 0 Å². The smallest absolute Gasteiger partial charge is 0.179 e. The molecule has 0 unspecified atom stereocenters. The summed E-state index contributed by atoms with van der Waals surface area (Å²) < 4.78 is 2.48. The number of imidazole rings is 1. The van der Waals surface area contributed by atoms with Gasteiger partial charge in [0.05, 0.1) is 6.54 Å². The largest absolute Gasteiger partial charge is 0.382 e. The lowest BCUT2D eigenvalue weighted by Crippen LogP contribution is -2.02. The number of anilines is 1. The van der Waals surface area contributed by atoms with Crippen LogP contribution >= 0.6 is 15.9 Å². The highest BCUT2D eigenvalue weighted by atomic mass is 79.9. The van der Waals surface area contributed by atoms with Crippen molar-refractivity contribution in [2.45, 2.75) is 27.3 Å². The number of fused-ring (bicyclic) bond motifs is 1. The Morgan fingerprint density at radius 2 is 2.14 bits per heavy atom. The summed E-state index contributed by atoms with van der Waals surface area (Å²) in [5.74, 6) is 0.351. The van der Waals surface area contributed by atoms with Crippen molar-refractivity contribution in [3.63, 3.8) is 0 Å². The fraction of sp³-hybridized carbons (Fsp3) is 0.267. The van der Waals surface area contributed by atoms with E-state index < -0.39 is 0 Å². The van der Waals surface area contributed by atoms with Gasteiger partial charge in [-0.25, -0.2) is 15.0 Å². The second kappa shape index (κ2) is 8.53. The lowest BCUT2D eigenvalue weighted by Gasteiger charge is -2.06. The minimum atomic E-state index is 0.351. The molecule has 0 aliphatic carbocycles. The summed E-state index contributed by atoms with van der Waals surface area (Å²) in [4.78, 5) is 12.4. The quantitative estimate of drug-likeness (QED) is 0.516. The molecule has 0 saturated carbocycles. The van der Waals surface area contributed by atoms with Gasteiger partial charge >= 0.3 is 0 Å². The van der Waals surface area contributed by atoms with Crippen LogP contribution in [0, 0.1) is 0 Å². The van der Waals surface area contributed by atoms with Crippen LogP contribution < -0.4 is 5.73 Å². The van der Waals surface area contributed by atoms with Gasteiger partial charge in [-0.2, -0.15) is 0 Å². The van der Waals surface area contributed by atoms with Gasteiger partial charge in [-0.1, -0.05) is 44.1 Å². The van der Waals surface area contributed by atoms with Crippen LogP contribution in [-0.4, -0.2) is 27.4 Å². The van der Waals surface area contributed by atoms with Gasteiger partial charge in [-0.05, 0) is 28.4 Å². The average molecular weight is 360 g/mol. The molecule has 2 radical (unpaired) electrons. The van der Waals surface area contributed by atoms with E-state index in [0.29, 0.717) is 33.7 Å². The topological polar surface area (TPSA) is 69.6 Å². The van der Waals surface area contributed by atoms with E-state index in [-0.39, 0.29) is 0 Å². The van der Waals surface area contributed by atoms with Crippen molar-refractivity contribution >= 4 is 40.8 Å². The number of nitrogens with zero attached hydrogens (tertiary/aromatic N) is 4. The van der Waals surface area contributed by atoms with Gasteiger partial charge in [0, 0.05) is 0 Å². The molecule has 2 aromatic heterocycles. The molecule has 0 fully saturated rings. The Bertz CT molecular complexity index is 718. The van der Waals surface area contributed by atoms with E-state index in [4.69, 9.17) is 13.6 Å². The number of nitrogen functional groups attached to an aromatic ring is 1. The van der Waals surface area contributed by atoms with Crippen molar-refractivity contribution in [1.82, 2.24) is 19.5 Å². The molecule has 5 nitrogen and oxygen atoms in total. The van der Waals surface area contributed by atoms with Gasteiger partial charge in [0.25, 0.3) is 0 Å². The van der Waals surface area contributed by atoms with Gasteiger partial charge in [-0.3, -0.25) is 4.57 Å². The maximum absolute atomic E-state index is 5.82. The van der Waals surface area contributed by atoms with Gasteiger partial charge < -0.3 is 5.73 Å². The molecule has 114 valence electrons. The molecule has 2 N–H and O–H groups in total. The monoisotopic (exact) mass is 359 g/mol. The first-order chi connectivity index (χ1) is 10.5. The van der Waals surface area contributed by atoms with Crippen molar-refractivity contribution in [2.75, 3.05) is 5.73 Å². The van der Waals surface area contributed by atoms with E-state index in [0.717, 1.165) is 5.57 Å². The molecule has 0 saturated heterocycles. The summed E-state index contributed by atoms with van der Waals surface area (Å²) in [6.45, 7) is 10.4. The first-order valence-electron chi connectivity index (χ1n) is 6.92. The Kier molecular flexibility index (Phi) is 7.04. The second-order valence-electron chi connectivity index (χ2n) is 4.20. The van der Waals surface area contributed by atoms with Crippen LogP contribution in [0.5, 0.6) is 0 Å². The van der Waals surface area contributed by atoms with Crippen molar-refractivity contribution in [1.29, 1.82) is 0 Å². The van der Waals surface area contributed by atoms with Crippen LogP contribution in [0.15, 0.2) is 46.9 Å². The number of hydrogen-bond acceptors (Lipinski definition) is 4. The molecule has 0 bridgehead atoms. The molecule has 2 aromatic rings. The van der Waals surface area contributed by atoms with Crippen LogP contribution in [0.1, 0.15) is 20.8 Å². The van der Waals surface area contributed by atoms with Gasteiger partial charge in [0.15, 0.2) is 21.7 Å². The van der Waals surface area contributed by atoms with Crippen LogP contribution in [0.4, 0.5) is 5.82 Å². The standard InChI is InChI=1S/C13H13BBrN5.C2H6/c1-3-4-9(14)5-8(2)6-20-12-10(19-13(20)15)11(16)17-7-18-12;1-2/h3-5,7H,2,6H2,1H3,(H2,16,17,18);1-2H3/b4-3-,9-5+;. The van der Waals surface area contributed by atoms with Crippen LogP contribution in [0.25, 0.3) is 11.2 Å². The maximum Gasteiger partial charge on any atom is 0.179 e. The zero-order valence-corrected chi connectivity index (χ0v) is 14.6. The summed E-state index contributed by atoms with van der Waals surface area (Å²) in [5, 5.41) is 0. The highest BCUT2D eigenvalue weighted by molar-refractivity contribution is 9.10. The lowest BCUT2D eigenvalue weighted by molar-refractivity contribution is 0.791. The number of halogens is 1. The van der Waals surface area contributed by atoms with E-state index in [2.05, 4.69) is 37.5 Å². The highest BCUT2D eigenvalue weighted by Crippen LogP contribution is 2.22. The third-order valence-electron chi connectivity index (χ3n) is 2.60. The number of allylic oxidation sites excluding steroid dienone is 5. The zero-order valence-electron chi connectivity index (χ0n) is 13.0. The third kappa shape index (κ3) is 4.30. The molecular formula is C15H19BBrN5. The number of rotatable bonds is 4. The molecule has 22 heavy (non-hydrogen) atoms. The Hall–Kier alpha value is -1.89. The molecule has 0 atom stereocenters.